The number of amides is 2. The summed E-state index contributed by atoms with van der Waals surface area (Å²) in [6, 6.07) is 9.28. The van der Waals surface area contributed by atoms with Crippen molar-refractivity contribution in [1.29, 1.82) is 0 Å². The molecule has 2 aliphatic heterocycles. The van der Waals surface area contributed by atoms with Crippen molar-refractivity contribution in [3.63, 3.8) is 0 Å². The molecular formula is C30H38N6O3. The molecule has 1 atom stereocenters. The molecule has 3 aromatic rings. The Hall–Kier alpha value is -3.72. The highest BCUT2D eigenvalue weighted by atomic mass is 16.5. The fourth-order valence-corrected chi connectivity index (χ4v) is 5.70. The van der Waals surface area contributed by atoms with Crippen LogP contribution in [0, 0.1) is 6.92 Å². The lowest BCUT2D eigenvalue weighted by Crippen LogP contribution is -2.38. The normalized spacial score (nSPS) is 19.0. The van der Waals surface area contributed by atoms with Crippen LogP contribution < -0.4 is 10.1 Å². The predicted molar refractivity (Wildman–Crippen MR) is 152 cm³/mol. The number of piperidine rings is 1. The first-order chi connectivity index (χ1) is 19.0. The average molecular weight is 531 g/mol. The summed E-state index contributed by atoms with van der Waals surface area (Å²) in [5.74, 6) is 0.891. The molecule has 9 heteroatoms. The smallest absolute Gasteiger partial charge is 0.258 e. The summed E-state index contributed by atoms with van der Waals surface area (Å²) in [6.45, 7) is 12.0. The maximum absolute atomic E-state index is 13.3. The number of hydrogen-bond donors (Lipinski definition) is 1. The van der Waals surface area contributed by atoms with Gasteiger partial charge in [0.25, 0.3) is 5.91 Å². The summed E-state index contributed by atoms with van der Waals surface area (Å²) >= 11 is 0. The zero-order valence-corrected chi connectivity index (χ0v) is 22.9. The maximum Gasteiger partial charge on any atom is 0.258 e. The van der Waals surface area contributed by atoms with Gasteiger partial charge in [-0.3, -0.25) is 19.9 Å². The van der Waals surface area contributed by atoms with E-state index in [1.165, 1.54) is 6.08 Å². The zero-order chi connectivity index (χ0) is 27.4. The molecule has 0 aliphatic carbocycles. The Bertz CT molecular complexity index is 1340. The summed E-state index contributed by atoms with van der Waals surface area (Å²) < 4.78 is 8.72. The standard InChI is InChI=1S/C30H38N6O3/c1-4-27(37)35-16-7-6-9-23(20-35)36-28-25(32-30(36)33-29(38)22-12-15-31-21(3)19-22)10-8-11-26(28)39-24-13-17-34(5-2)18-14-24/h4,8,10-12,15,19,23-24H,1,5-7,9,13-14,16-18,20H2,2-3H3,(H,32,33,38). The number of nitrogens with one attached hydrogen (secondary N) is 1. The lowest BCUT2D eigenvalue weighted by Gasteiger charge is -2.31. The van der Waals surface area contributed by atoms with E-state index in [2.05, 4.69) is 33.3 Å². The van der Waals surface area contributed by atoms with Gasteiger partial charge in [0, 0.05) is 43.6 Å². The van der Waals surface area contributed by atoms with E-state index in [1.54, 1.807) is 18.3 Å². The van der Waals surface area contributed by atoms with E-state index in [0.717, 1.165) is 74.2 Å². The molecule has 5 rings (SSSR count). The van der Waals surface area contributed by atoms with Crippen molar-refractivity contribution in [2.45, 2.75) is 58.1 Å². The molecule has 2 amide bonds. The Morgan fingerprint density at radius 1 is 1.15 bits per heavy atom. The van der Waals surface area contributed by atoms with Crippen molar-refractivity contribution in [3.05, 3.63) is 60.4 Å². The minimum absolute atomic E-state index is 0.0803. The van der Waals surface area contributed by atoms with E-state index >= 15 is 0 Å². The van der Waals surface area contributed by atoms with Gasteiger partial charge in [0.05, 0.1) is 11.6 Å². The number of aryl methyl sites for hydroxylation is 1. The number of ether oxygens (including phenoxy) is 1. The summed E-state index contributed by atoms with van der Waals surface area (Å²) in [6.07, 6.45) is 7.79. The van der Waals surface area contributed by atoms with Crippen LogP contribution in [0.4, 0.5) is 5.95 Å². The molecule has 206 valence electrons. The van der Waals surface area contributed by atoms with Crippen LogP contribution in [0.1, 0.15) is 61.1 Å². The SMILES string of the molecule is C=CC(=O)N1CCCCC(n2c(NC(=O)c3ccnc(C)c3)nc3cccc(OC4CCN(CC)CC4)c32)C1. The van der Waals surface area contributed by atoms with Crippen LogP contribution >= 0.6 is 0 Å². The van der Waals surface area contributed by atoms with Crippen LogP contribution in [-0.4, -0.2) is 75.0 Å². The number of rotatable bonds is 7. The maximum atomic E-state index is 13.3. The van der Waals surface area contributed by atoms with E-state index in [1.807, 2.05) is 30.0 Å². The molecular weight excluding hydrogens is 492 g/mol. The average Bonchev–Trinajstić information content (AvgIpc) is 3.14. The van der Waals surface area contributed by atoms with Crippen LogP contribution in [0.2, 0.25) is 0 Å². The molecule has 0 saturated carbocycles. The number of benzene rings is 1. The van der Waals surface area contributed by atoms with E-state index in [9.17, 15) is 9.59 Å². The number of para-hydroxylation sites is 1. The number of pyridine rings is 1. The van der Waals surface area contributed by atoms with E-state index in [-0.39, 0.29) is 24.0 Å². The second-order valence-corrected chi connectivity index (χ2v) is 10.5. The van der Waals surface area contributed by atoms with Gasteiger partial charge in [-0.1, -0.05) is 19.6 Å². The summed E-state index contributed by atoms with van der Waals surface area (Å²) in [4.78, 5) is 39.3. The third kappa shape index (κ3) is 5.98. The van der Waals surface area contributed by atoms with Crippen LogP contribution in [0.3, 0.4) is 0 Å². The summed E-state index contributed by atoms with van der Waals surface area (Å²) in [7, 11) is 0. The van der Waals surface area contributed by atoms with Gasteiger partial charge >= 0.3 is 0 Å². The van der Waals surface area contributed by atoms with Gasteiger partial charge in [-0.05, 0) is 75.9 Å². The lowest BCUT2D eigenvalue weighted by atomic mass is 10.1. The largest absolute Gasteiger partial charge is 0.488 e. The van der Waals surface area contributed by atoms with Crippen molar-refractivity contribution >= 4 is 28.8 Å². The fourth-order valence-electron chi connectivity index (χ4n) is 5.70. The predicted octanol–water partition coefficient (Wildman–Crippen LogP) is 4.59. The lowest BCUT2D eigenvalue weighted by molar-refractivity contribution is -0.126. The third-order valence-electron chi connectivity index (χ3n) is 7.83. The van der Waals surface area contributed by atoms with E-state index in [0.29, 0.717) is 24.6 Å². The minimum Gasteiger partial charge on any atom is -0.488 e. The van der Waals surface area contributed by atoms with Gasteiger partial charge in [-0.2, -0.15) is 0 Å². The number of carbonyl (C=O) groups is 2. The highest BCUT2D eigenvalue weighted by molar-refractivity contribution is 6.04. The Kier molecular flexibility index (Phi) is 8.26. The Morgan fingerprint density at radius 3 is 2.72 bits per heavy atom. The van der Waals surface area contributed by atoms with Gasteiger partial charge in [0.2, 0.25) is 11.9 Å². The Labute approximate surface area is 229 Å². The number of nitrogens with zero attached hydrogens (tertiary/aromatic N) is 5. The Morgan fingerprint density at radius 2 is 1.97 bits per heavy atom. The summed E-state index contributed by atoms with van der Waals surface area (Å²) in [5, 5.41) is 3.06. The molecule has 1 N–H and O–H groups in total. The molecule has 1 aromatic carbocycles. The van der Waals surface area contributed by atoms with Crippen LogP contribution in [-0.2, 0) is 4.79 Å². The number of carbonyl (C=O) groups excluding carboxylic acids is 2. The molecule has 9 nitrogen and oxygen atoms in total. The quantitative estimate of drug-likeness (QED) is 0.449. The molecule has 0 bridgehead atoms. The first-order valence-electron chi connectivity index (χ1n) is 14.0. The Balaban J connectivity index is 1.54. The van der Waals surface area contributed by atoms with Crippen molar-refractivity contribution in [1.82, 2.24) is 24.3 Å². The van der Waals surface area contributed by atoms with Crippen molar-refractivity contribution < 1.29 is 14.3 Å². The first-order valence-corrected chi connectivity index (χ1v) is 14.0. The highest BCUT2D eigenvalue weighted by Crippen LogP contribution is 2.36. The fraction of sp³-hybridized carbons (Fsp3) is 0.467. The molecule has 2 saturated heterocycles. The van der Waals surface area contributed by atoms with Crippen molar-refractivity contribution in [2.75, 3.05) is 38.0 Å². The molecule has 2 aromatic heterocycles. The van der Waals surface area contributed by atoms with Crippen LogP contribution in [0.25, 0.3) is 11.0 Å². The number of hydrogen-bond acceptors (Lipinski definition) is 6. The minimum atomic E-state index is -0.251. The van der Waals surface area contributed by atoms with Gasteiger partial charge in [0.1, 0.15) is 17.4 Å². The van der Waals surface area contributed by atoms with Gasteiger partial charge < -0.3 is 19.1 Å². The van der Waals surface area contributed by atoms with E-state index < -0.39 is 0 Å². The molecule has 0 radical (unpaired) electrons. The van der Waals surface area contributed by atoms with Gasteiger partial charge in [0.15, 0.2) is 0 Å². The molecule has 0 spiro atoms. The zero-order valence-electron chi connectivity index (χ0n) is 22.9. The van der Waals surface area contributed by atoms with Crippen LogP contribution in [0.15, 0.2) is 49.2 Å². The molecule has 2 fully saturated rings. The van der Waals surface area contributed by atoms with Gasteiger partial charge in [-0.15, -0.1) is 0 Å². The number of fused-ring (bicyclic) bond motifs is 1. The van der Waals surface area contributed by atoms with Gasteiger partial charge in [-0.25, -0.2) is 4.98 Å². The second-order valence-electron chi connectivity index (χ2n) is 10.5. The van der Waals surface area contributed by atoms with Crippen LogP contribution in [0.5, 0.6) is 5.75 Å². The third-order valence-corrected chi connectivity index (χ3v) is 7.83. The number of aromatic nitrogens is 3. The highest BCUT2D eigenvalue weighted by Gasteiger charge is 2.29. The first kappa shape index (κ1) is 26.9. The molecule has 2 aliphatic rings. The molecule has 4 heterocycles. The number of anilines is 1. The van der Waals surface area contributed by atoms with Crippen molar-refractivity contribution in [3.8, 4) is 5.75 Å². The number of likely N-dealkylation sites (tertiary alicyclic amines) is 2. The summed E-state index contributed by atoms with van der Waals surface area (Å²) in [5.41, 5.74) is 2.90. The second kappa shape index (κ2) is 12.0. The monoisotopic (exact) mass is 530 g/mol. The topological polar surface area (TPSA) is 92.6 Å². The molecule has 39 heavy (non-hydrogen) atoms. The number of imidazole rings is 1. The van der Waals surface area contributed by atoms with Crippen molar-refractivity contribution in [2.24, 2.45) is 0 Å². The molecule has 1 unspecified atom stereocenters. The van der Waals surface area contributed by atoms with E-state index in [4.69, 9.17) is 9.72 Å².